The number of nitrogens with one attached hydrogen (secondary N) is 10. The molecule has 0 aliphatic rings. The minimum Gasteiger partial charge on any atom is -0.663 e. The molecule has 0 saturated carbocycles. The number of aromatic nitrogens is 12. The van der Waals surface area contributed by atoms with Crippen molar-refractivity contribution in [1.29, 1.82) is 0 Å². The van der Waals surface area contributed by atoms with Crippen LogP contribution in [-0.2, 0) is 38.5 Å². The maximum absolute atomic E-state index is 4.28. The van der Waals surface area contributed by atoms with Gasteiger partial charge in [0, 0.05) is 91.7 Å². The van der Waals surface area contributed by atoms with E-state index in [4.69, 9.17) is 0 Å². The Labute approximate surface area is 593 Å². The molecule has 21 heteroatoms. The van der Waals surface area contributed by atoms with E-state index in [2.05, 4.69) is 120 Å². The zero-order chi connectivity index (χ0) is 62.1. The Morgan fingerprint density at radius 2 is 0.570 bits per heavy atom. The van der Waals surface area contributed by atoms with Crippen LogP contribution in [0.2, 0.25) is 0 Å². The van der Waals surface area contributed by atoms with Gasteiger partial charge in [-0.3, -0.25) is 9.98 Å². The third-order valence-corrected chi connectivity index (χ3v) is 12.7. The average Bonchev–Trinajstić information content (AvgIpc) is 4.62. The maximum Gasteiger partial charge on any atom is 2.00 e. The Kier molecular flexibility index (Phi) is 41.5. The van der Waals surface area contributed by atoms with Gasteiger partial charge in [0.2, 0.25) is 0 Å². The zero-order valence-electron chi connectivity index (χ0n) is 52.9. The predicted octanol–water partition coefficient (Wildman–Crippen LogP) is -3.44. The third-order valence-electron chi connectivity index (χ3n) is 12.7. The van der Waals surface area contributed by atoms with Crippen molar-refractivity contribution in [3.05, 3.63) is 325 Å². The molecule has 0 bridgehead atoms. The van der Waals surface area contributed by atoms with Gasteiger partial charge in [-0.25, -0.2) is 49.9 Å². The maximum atomic E-state index is 4.28. The van der Waals surface area contributed by atoms with E-state index in [0.717, 1.165) is 118 Å². The van der Waals surface area contributed by atoms with E-state index in [-0.39, 0.29) is 69.2 Å². The van der Waals surface area contributed by atoms with Gasteiger partial charge < -0.3 is 29.9 Å². The molecular formula is C72H82Mg3N18+10. The second-order valence-electron chi connectivity index (χ2n) is 19.7. The molecule has 12 aromatic rings. The topological polar surface area (TPSA) is 250 Å². The van der Waals surface area contributed by atoms with Crippen LogP contribution in [0.3, 0.4) is 0 Å². The van der Waals surface area contributed by atoms with Crippen molar-refractivity contribution in [2.75, 3.05) is 39.3 Å². The Balaban J connectivity index is 0.000000236. The van der Waals surface area contributed by atoms with Crippen LogP contribution in [0.1, 0.15) is 68.3 Å². The van der Waals surface area contributed by atoms with Crippen molar-refractivity contribution < 1.29 is 49.9 Å². The molecule has 12 heterocycles. The number of aromatic amines is 5. The first-order valence-electron chi connectivity index (χ1n) is 30.2. The Hall–Kier alpha value is -9.10. The number of H-pyrrole nitrogens is 5. The first-order valence-corrected chi connectivity index (χ1v) is 30.2. The smallest absolute Gasteiger partial charge is 0.663 e. The molecule has 0 amide bonds. The Morgan fingerprint density at radius 1 is 0.301 bits per heavy atom. The summed E-state index contributed by atoms with van der Waals surface area (Å²) >= 11 is 0. The quantitative estimate of drug-likeness (QED) is 0.0302. The fourth-order valence-corrected chi connectivity index (χ4v) is 8.12. The summed E-state index contributed by atoms with van der Waals surface area (Å²) in [4.78, 5) is 65.4. The zero-order valence-corrected chi connectivity index (χ0v) is 57.1. The molecule has 0 unspecified atom stereocenters. The van der Waals surface area contributed by atoms with Gasteiger partial charge in [0.1, 0.15) is 31.1 Å². The summed E-state index contributed by atoms with van der Waals surface area (Å²) in [6, 6.07) is 59.8. The van der Waals surface area contributed by atoms with Gasteiger partial charge in [-0.15, -0.1) is 5.69 Å². The van der Waals surface area contributed by atoms with Gasteiger partial charge in [0.15, 0.2) is 92.2 Å². The molecule has 0 atom stereocenters. The van der Waals surface area contributed by atoms with Gasteiger partial charge in [-0.1, -0.05) is 138 Å². The molecule has 456 valence electrons. The molecule has 12 aromatic heterocycles. The molecule has 0 spiro atoms. The van der Waals surface area contributed by atoms with Crippen LogP contribution >= 0.6 is 0 Å². The van der Waals surface area contributed by atoms with E-state index in [1.54, 1.807) is 49.6 Å². The summed E-state index contributed by atoms with van der Waals surface area (Å²) < 4.78 is 0. The van der Waals surface area contributed by atoms with Gasteiger partial charge >= 0.3 is 69.2 Å². The molecule has 0 saturated heterocycles. The largest absolute Gasteiger partial charge is 2.00 e. The molecule has 0 aliphatic carbocycles. The number of aliphatic imine (C=N–C) groups is 1. The van der Waals surface area contributed by atoms with Crippen molar-refractivity contribution in [2.45, 2.75) is 38.5 Å². The predicted molar refractivity (Wildman–Crippen MR) is 365 cm³/mol. The summed E-state index contributed by atoms with van der Waals surface area (Å²) in [6.07, 6.45) is 39.5. The molecule has 0 fully saturated rings. The Morgan fingerprint density at radius 3 is 0.796 bits per heavy atom. The first-order chi connectivity index (χ1) is 44.7. The first kappa shape index (κ1) is 76.4. The van der Waals surface area contributed by atoms with E-state index < -0.39 is 0 Å². The average molecular weight is 1270 g/mol. The molecule has 0 radical (unpaired) electrons. The molecular weight excluding hydrogens is 1190 g/mol. The third kappa shape index (κ3) is 35.9. The van der Waals surface area contributed by atoms with Crippen LogP contribution in [0.4, 0.5) is 0 Å². The van der Waals surface area contributed by atoms with Crippen LogP contribution in [0, 0.1) is 0 Å². The van der Waals surface area contributed by atoms with Crippen LogP contribution in [0.5, 0.6) is 0 Å². The van der Waals surface area contributed by atoms with Gasteiger partial charge in [0.25, 0.3) is 0 Å². The number of hydrogen-bond acceptors (Lipinski definition) is 2. The van der Waals surface area contributed by atoms with Crippen LogP contribution in [0.15, 0.2) is 261 Å². The normalized spacial score (nSPS) is 10.6. The standard InChI is InChI=1S/6C12H12N3.3Mg/c6*1-2-7-14-11(4-1)6-9-13-10-12-5-3-8-15-12;;;/h6*1-5,7-8,10H,6,9H2;;;/q6*-1;3*+2/p+10. The summed E-state index contributed by atoms with van der Waals surface area (Å²) in [5, 5.41) is 0. The van der Waals surface area contributed by atoms with E-state index in [1.807, 2.05) is 214 Å². The second-order valence-corrected chi connectivity index (χ2v) is 19.7. The van der Waals surface area contributed by atoms with Crippen LogP contribution in [0.25, 0.3) is 0 Å². The number of pyridine rings is 6. The minimum absolute atomic E-state index is 0. The van der Waals surface area contributed by atoms with Crippen molar-refractivity contribution in [2.24, 2.45) is 4.99 Å². The second kappa shape index (κ2) is 50.5. The summed E-state index contributed by atoms with van der Waals surface area (Å²) in [5.74, 6) is 0. The van der Waals surface area contributed by atoms with Crippen LogP contribution < -0.4 is 79.8 Å². The van der Waals surface area contributed by atoms with Gasteiger partial charge in [-0.05, 0) is 12.1 Å². The fraction of sp³-hybridized carbons (Fsp3) is 0.167. The van der Waals surface area contributed by atoms with Crippen molar-refractivity contribution in [3.63, 3.8) is 0 Å². The minimum atomic E-state index is 0. The number of rotatable bonds is 24. The van der Waals surface area contributed by atoms with E-state index >= 15 is 0 Å². The van der Waals surface area contributed by atoms with Crippen molar-refractivity contribution in [1.82, 2.24) is 34.9 Å². The summed E-state index contributed by atoms with van der Waals surface area (Å²) in [5.41, 5.74) is 13.0. The van der Waals surface area contributed by atoms with Crippen LogP contribution in [-0.4, -0.2) is 151 Å². The number of hydrogen-bond donors (Lipinski definition) is 5. The SMILES string of the molecule is C(=NCCc1ccccn1)c1ccc[n-]1.C(=[NH+]CCc1cccc[nH+]1)c1ccc[n-]1.C(=[NH+]CCc1cccc[nH+]1)c1ccc[n-]1.C(=[NH+]CCc1cccc[nH+]1)c1ccc[n-]1.C(=[NH+]CCc1cccc[nH+]1)c1ccc[n-]1.C(=[NH+]CCc1cccc[nH+]1)c1ccc[n-]1.[Mg+2].[Mg+2].[Mg+2]. The monoisotopic (exact) mass is 1270 g/mol. The van der Waals surface area contributed by atoms with E-state index in [9.17, 15) is 0 Å². The van der Waals surface area contributed by atoms with Gasteiger partial charge in [0.05, 0.1) is 32.1 Å². The number of nitrogens with zero attached hydrogens (tertiary/aromatic N) is 8. The Bertz CT molecular complexity index is 3090. The summed E-state index contributed by atoms with van der Waals surface area (Å²) in [6.45, 7) is 5.30. The van der Waals surface area contributed by atoms with E-state index in [0.29, 0.717) is 0 Å². The molecule has 0 aromatic carbocycles. The molecule has 0 aliphatic heterocycles. The van der Waals surface area contributed by atoms with Crippen molar-refractivity contribution >= 4 is 106 Å². The molecule has 10 N–H and O–H groups in total. The van der Waals surface area contributed by atoms with E-state index in [1.165, 1.54) is 28.5 Å². The van der Waals surface area contributed by atoms with Gasteiger partial charge in [-0.2, -0.15) is 37.2 Å². The molecule has 93 heavy (non-hydrogen) atoms. The molecule has 12 rings (SSSR count). The summed E-state index contributed by atoms with van der Waals surface area (Å²) in [7, 11) is 0. The van der Waals surface area contributed by atoms with Crippen molar-refractivity contribution in [3.8, 4) is 0 Å². The fourth-order valence-electron chi connectivity index (χ4n) is 8.12. The molecule has 18 nitrogen and oxygen atoms in total.